The Morgan fingerprint density at radius 2 is 2.00 bits per heavy atom. The van der Waals surface area contributed by atoms with Gasteiger partial charge in [-0.15, -0.1) is 0 Å². The minimum atomic E-state index is -3.98. The Kier molecular flexibility index (Phi) is 4.72. The zero-order chi connectivity index (χ0) is 15.6. The summed E-state index contributed by atoms with van der Waals surface area (Å²) in [5.74, 6) is 0. The number of hydrogen-bond acceptors (Lipinski definition) is 5. The fourth-order valence-electron chi connectivity index (χ4n) is 2.00. The van der Waals surface area contributed by atoms with Crippen LogP contribution in [0.4, 0.5) is 11.4 Å². The zero-order valence-electron chi connectivity index (χ0n) is 11.7. The summed E-state index contributed by atoms with van der Waals surface area (Å²) in [7, 11) is -3.98. The van der Waals surface area contributed by atoms with Crippen LogP contribution < -0.4 is 10.5 Å². The Balaban J connectivity index is 3.26. The summed E-state index contributed by atoms with van der Waals surface area (Å²) in [6, 6.07) is 3.52. The Bertz CT molecular complexity index is 611. The maximum Gasteiger partial charge on any atom is 0.291 e. The summed E-state index contributed by atoms with van der Waals surface area (Å²) in [6.45, 7) is 5.40. The number of nitrogens with zero attached hydrogens (tertiary/aromatic N) is 1. The molecule has 0 bridgehead atoms. The van der Waals surface area contributed by atoms with Gasteiger partial charge < -0.3 is 5.73 Å². The highest BCUT2D eigenvalue weighted by Crippen LogP contribution is 2.27. The van der Waals surface area contributed by atoms with E-state index in [0.717, 1.165) is 18.6 Å². The molecule has 0 spiro atoms. The number of sulfonamides is 1. The van der Waals surface area contributed by atoms with Crippen molar-refractivity contribution in [3.63, 3.8) is 0 Å². The summed E-state index contributed by atoms with van der Waals surface area (Å²) in [4.78, 5) is 9.84. The second-order valence-corrected chi connectivity index (χ2v) is 6.87. The zero-order valence-corrected chi connectivity index (χ0v) is 12.5. The van der Waals surface area contributed by atoms with Gasteiger partial charge in [0.2, 0.25) is 10.0 Å². The van der Waals surface area contributed by atoms with Crippen molar-refractivity contribution < 1.29 is 13.3 Å². The quantitative estimate of drug-likeness (QED) is 0.474. The summed E-state index contributed by atoms with van der Waals surface area (Å²) >= 11 is 0. The molecule has 0 unspecified atom stereocenters. The van der Waals surface area contributed by atoms with E-state index in [1.165, 1.54) is 6.07 Å². The molecule has 0 atom stereocenters. The highest BCUT2D eigenvalue weighted by molar-refractivity contribution is 7.89. The van der Waals surface area contributed by atoms with E-state index < -0.39 is 26.2 Å². The number of hydrogen-bond donors (Lipinski definition) is 2. The van der Waals surface area contributed by atoms with Gasteiger partial charge >= 0.3 is 0 Å². The van der Waals surface area contributed by atoms with E-state index in [2.05, 4.69) is 4.72 Å². The lowest BCUT2D eigenvalue weighted by atomic mass is 10.0. The number of nitrogens with two attached hydrogens (primary N) is 1. The first-order valence-electron chi connectivity index (χ1n) is 6.17. The third-order valence-corrected chi connectivity index (χ3v) is 4.50. The molecule has 0 aliphatic rings. The molecule has 0 saturated carbocycles. The fraction of sp³-hybridized carbons (Fsp3) is 0.500. The van der Waals surface area contributed by atoms with Crippen LogP contribution in [0.2, 0.25) is 0 Å². The van der Waals surface area contributed by atoms with Crippen molar-refractivity contribution >= 4 is 21.4 Å². The van der Waals surface area contributed by atoms with E-state index in [1.54, 1.807) is 13.8 Å². The predicted molar refractivity (Wildman–Crippen MR) is 76.8 cm³/mol. The van der Waals surface area contributed by atoms with Gasteiger partial charge in [-0.3, -0.25) is 10.1 Å². The number of rotatable bonds is 6. The van der Waals surface area contributed by atoms with Crippen LogP contribution >= 0.6 is 0 Å². The lowest BCUT2D eigenvalue weighted by Gasteiger charge is -2.25. The van der Waals surface area contributed by atoms with E-state index in [9.17, 15) is 18.5 Å². The van der Waals surface area contributed by atoms with E-state index in [1.807, 2.05) is 6.92 Å². The molecule has 8 heteroatoms. The van der Waals surface area contributed by atoms with Crippen LogP contribution in [0.25, 0.3) is 0 Å². The van der Waals surface area contributed by atoms with Gasteiger partial charge in [0.15, 0.2) is 4.90 Å². The molecular formula is C12H19N3O4S. The van der Waals surface area contributed by atoms with Crippen molar-refractivity contribution in [2.45, 2.75) is 44.0 Å². The van der Waals surface area contributed by atoms with Crippen molar-refractivity contribution in [3.8, 4) is 0 Å². The Labute approximate surface area is 118 Å². The van der Waals surface area contributed by atoms with Gasteiger partial charge in [0.1, 0.15) is 0 Å². The van der Waals surface area contributed by atoms with Crippen molar-refractivity contribution in [2.24, 2.45) is 0 Å². The molecule has 3 N–H and O–H groups in total. The molecule has 0 aliphatic heterocycles. The normalized spacial score (nSPS) is 12.3. The van der Waals surface area contributed by atoms with Crippen molar-refractivity contribution in [1.82, 2.24) is 4.72 Å². The Hall–Kier alpha value is -1.67. The fourth-order valence-corrected chi connectivity index (χ4v) is 3.59. The molecule has 0 radical (unpaired) electrons. The first-order chi connectivity index (χ1) is 9.09. The largest absolute Gasteiger partial charge is 0.399 e. The maximum atomic E-state index is 12.3. The predicted octanol–water partition coefficient (Wildman–Crippen LogP) is 2.03. The highest BCUT2D eigenvalue weighted by Gasteiger charge is 2.31. The third-order valence-electron chi connectivity index (χ3n) is 2.75. The minimum Gasteiger partial charge on any atom is -0.399 e. The molecule has 1 aromatic rings. The van der Waals surface area contributed by atoms with Crippen LogP contribution in [0.15, 0.2) is 23.1 Å². The summed E-state index contributed by atoms with van der Waals surface area (Å²) < 4.78 is 27.1. The molecule has 1 rings (SSSR count). The second-order valence-electron chi connectivity index (χ2n) is 5.22. The van der Waals surface area contributed by atoms with Gasteiger partial charge in [0.25, 0.3) is 5.69 Å². The van der Waals surface area contributed by atoms with Crippen LogP contribution in [-0.4, -0.2) is 18.9 Å². The van der Waals surface area contributed by atoms with Crippen molar-refractivity contribution in [2.75, 3.05) is 5.73 Å². The third kappa shape index (κ3) is 3.91. The van der Waals surface area contributed by atoms with Crippen LogP contribution in [-0.2, 0) is 10.0 Å². The summed E-state index contributed by atoms with van der Waals surface area (Å²) in [5, 5.41) is 11.0. The molecule has 0 amide bonds. The molecule has 0 aliphatic carbocycles. The molecule has 0 heterocycles. The average molecular weight is 301 g/mol. The molecule has 20 heavy (non-hydrogen) atoms. The van der Waals surface area contributed by atoms with E-state index >= 15 is 0 Å². The van der Waals surface area contributed by atoms with E-state index in [0.29, 0.717) is 6.42 Å². The van der Waals surface area contributed by atoms with Crippen LogP contribution in [0, 0.1) is 10.1 Å². The van der Waals surface area contributed by atoms with Gasteiger partial charge in [0.05, 0.1) is 4.92 Å². The smallest absolute Gasteiger partial charge is 0.291 e. The topological polar surface area (TPSA) is 115 Å². The van der Waals surface area contributed by atoms with Gasteiger partial charge in [0, 0.05) is 17.3 Å². The number of nitrogen functional groups attached to an aromatic ring is 1. The summed E-state index contributed by atoms with van der Waals surface area (Å²) in [6.07, 6.45) is 1.41. The molecule has 0 saturated heterocycles. The van der Waals surface area contributed by atoms with Gasteiger partial charge in [-0.25, -0.2) is 13.1 Å². The average Bonchev–Trinajstić information content (AvgIpc) is 2.26. The number of nitro groups is 1. The van der Waals surface area contributed by atoms with Gasteiger partial charge in [-0.05, 0) is 32.4 Å². The van der Waals surface area contributed by atoms with Crippen LogP contribution in [0.1, 0.15) is 33.6 Å². The first kappa shape index (κ1) is 16.4. The standard InChI is InChI=1S/C12H19N3O4S/c1-4-7-12(2,3)14-20(18,19)11-6-5-9(13)8-10(11)15(16)17/h5-6,8,14H,4,7,13H2,1-3H3. The molecular weight excluding hydrogens is 282 g/mol. The Morgan fingerprint density at radius 1 is 1.40 bits per heavy atom. The molecule has 112 valence electrons. The number of nitro benzene ring substituents is 1. The van der Waals surface area contributed by atoms with Crippen molar-refractivity contribution in [3.05, 3.63) is 28.3 Å². The number of anilines is 1. The Morgan fingerprint density at radius 3 is 2.50 bits per heavy atom. The summed E-state index contributed by atoms with van der Waals surface area (Å²) in [5.41, 5.74) is 4.40. The van der Waals surface area contributed by atoms with E-state index in [-0.39, 0.29) is 10.6 Å². The number of nitrogens with one attached hydrogen (secondary N) is 1. The van der Waals surface area contributed by atoms with Crippen LogP contribution in [0.3, 0.4) is 0 Å². The van der Waals surface area contributed by atoms with E-state index in [4.69, 9.17) is 5.73 Å². The molecule has 0 aromatic heterocycles. The molecule has 0 fully saturated rings. The van der Waals surface area contributed by atoms with Gasteiger partial charge in [-0.1, -0.05) is 13.3 Å². The first-order valence-corrected chi connectivity index (χ1v) is 7.65. The number of benzene rings is 1. The van der Waals surface area contributed by atoms with Gasteiger partial charge in [-0.2, -0.15) is 0 Å². The highest BCUT2D eigenvalue weighted by atomic mass is 32.2. The lowest BCUT2D eigenvalue weighted by Crippen LogP contribution is -2.43. The monoisotopic (exact) mass is 301 g/mol. The second kappa shape index (κ2) is 5.76. The SMILES string of the molecule is CCCC(C)(C)NS(=O)(=O)c1ccc(N)cc1[N+](=O)[O-]. The lowest BCUT2D eigenvalue weighted by molar-refractivity contribution is -0.387. The molecule has 7 nitrogen and oxygen atoms in total. The maximum absolute atomic E-state index is 12.3. The van der Waals surface area contributed by atoms with Crippen molar-refractivity contribution in [1.29, 1.82) is 0 Å². The van der Waals surface area contributed by atoms with Crippen LogP contribution in [0.5, 0.6) is 0 Å². The molecule has 1 aromatic carbocycles. The minimum absolute atomic E-state index is 0.142.